The van der Waals surface area contributed by atoms with Gasteiger partial charge in [-0.1, -0.05) is 24.6 Å². The summed E-state index contributed by atoms with van der Waals surface area (Å²) in [5.41, 5.74) is 6.84. The van der Waals surface area contributed by atoms with Crippen LogP contribution in [0.4, 0.5) is 0 Å². The van der Waals surface area contributed by atoms with E-state index in [-0.39, 0.29) is 6.04 Å². The van der Waals surface area contributed by atoms with Gasteiger partial charge in [0, 0.05) is 11.1 Å². The molecule has 1 rings (SSSR count). The highest BCUT2D eigenvalue weighted by Gasteiger charge is 2.08. The molecule has 0 fully saturated rings. The van der Waals surface area contributed by atoms with Gasteiger partial charge in [-0.15, -0.1) is 0 Å². The summed E-state index contributed by atoms with van der Waals surface area (Å²) in [7, 11) is 1.62. The third kappa shape index (κ3) is 2.36. The fourth-order valence-corrected chi connectivity index (χ4v) is 1.47. The van der Waals surface area contributed by atoms with Gasteiger partial charge in [-0.3, -0.25) is 0 Å². The third-order valence-electron chi connectivity index (χ3n) is 2.05. The molecule has 0 radical (unpaired) electrons. The van der Waals surface area contributed by atoms with E-state index >= 15 is 0 Å². The highest BCUT2D eigenvalue weighted by molar-refractivity contribution is 6.31. The maximum atomic E-state index is 6.02. The Hall–Kier alpha value is -0.730. The largest absolute Gasteiger partial charge is 0.497 e. The summed E-state index contributed by atoms with van der Waals surface area (Å²) in [6.45, 7) is 2.03. The molecule has 1 atom stereocenters. The van der Waals surface area contributed by atoms with Gasteiger partial charge in [-0.05, 0) is 24.1 Å². The lowest BCUT2D eigenvalue weighted by molar-refractivity contribution is 0.414. The molecule has 0 bridgehead atoms. The zero-order valence-electron chi connectivity index (χ0n) is 7.88. The smallest absolute Gasteiger partial charge is 0.120 e. The van der Waals surface area contributed by atoms with Gasteiger partial charge in [0.15, 0.2) is 0 Å². The summed E-state index contributed by atoms with van der Waals surface area (Å²) >= 11 is 6.02. The molecular formula is C10H14ClNO. The van der Waals surface area contributed by atoms with Gasteiger partial charge in [0.05, 0.1) is 7.11 Å². The first kappa shape index (κ1) is 10.4. The average Bonchev–Trinajstić information content (AvgIpc) is 2.16. The average molecular weight is 200 g/mol. The van der Waals surface area contributed by atoms with E-state index in [9.17, 15) is 0 Å². The quantitative estimate of drug-likeness (QED) is 0.813. The van der Waals surface area contributed by atoms with Crippen molar-refractivity contribution >= 4 is 11.6 Å². The Morgan fingerprint density at radius 3 is 2.69 bits per heavy atom. The topological polar surface area (TPSA) is 35.2 Å². The first-order chi connectivity index (χ1) is 6.19. The van der Waals surface area contributed by atoms with Gasteiger partial charge in [-0.25, -0.2) is 0 Å². The Morgan fingerprint density at radius 1 is 1.54 bits per heavy atom. The molecule has 1 aromatic carbocycles. The number of benzene rings is 1. The molecule has 3 heteroatoms. The molecule has 2 N–H and O–H groups in total. The number of methoxy groups -OCH3 is 1. The lowest BCUT2D eigenvalue weighted by atomic mass is 10.1. The van der Waals surface area contributed by atoms with Gasteiger partial charge >= 0.3 is 0 Å². The molecule has 1 aromatic rings. The summed E-state index contributed by atoms with van der Waals surface area (Å²) < 4.78 is 5.04. The molecule has 0 unspecified atom stereocenters. The Balaban J connectivity index is 2.98. The number of hydrogen-bond donors (Lipinski definition) is 1. The second-order valence-electron chi connectivity index (χ2n) is 2.90. The second kappa shape index (κ2) is 4.49. The molecular weight excluding hydrogens is 186 g/mol. The summed E-state index contributed by atoms with van der Waals surface area (Å²) in [5.74, 6) is 0.761. The lowest BCUT2D eigenvalue weighted by Crippen LogP contribution is -2.09. The predicted octanol–water partition coefficient (Wildman–Crippen LogP) is 2.76. The number of ether oxygens (including phenoxy) is 1. The molecule has 0 aliphatic carbocycles. The predicted molar refractivity (Wildman–Crippen MR) is 55.2 cm³/mol. The van der Waals surface area contributed by atoms with E-state index in [1.807, 2.05) is 19.1 Å². The second-order valence-corrected chi connectivity index (χ2v) is 3.31. The van der Waals surface area contributed by atoms with E-state index in [0.29, 0.717) is 5.02 Å². The zero-order valence-corrected chi connectivity index (χ0v) is 8.64. The van der Waals surface area contributed by atoms with E-state index in [4.69, 9.17) is 22.1 Å². The number of hydrogen-bond acceptors (Lipinski definition) is 2. The van der Waals surface area contributed by atoms with Crippen molar-refractivity contribution in [1.29, 1.82) is 0 Å². The molecule has 0 amide bonds. The minimum atomic E-state index is 0.0124. The molecule has 2 nitrogen and oxygen atoms in total. The van der Waals surface area contributed by atoms with Crippen molar-refractivity contribution in [1.82, 2.24) is 0 Å². The van der Waals surface area contributed by atoms with E-state index in [2.05, 4.69) is 0 Å². The van der Waals surface area contributed by atoms with Crippen LogP contribution in [0.5, 0.6) is 5.75 Å². The summed E-state index contributed by atoms with van der Waals surface area (Å²) in [6, 6.07) is 5.58. The van der Waals surface area contributed by atoms with Crippen molar-refractivity contribution in [2.24, 2.45) is 5.73 Å². The number of halogens is 1. The van der Waals surface area contributed by atoms with Gasteiger partial charge < -0.3 is 10.5 Å². The normalized spacial score (nSPS) is 12.6. The van der Waals surface area contributed by atoms with Gasteiger partial charge in [0.2, 0.25) is 0 Å². The fraction of sp³-hybridized carbons (Fsp3) is 0.400. The molecule has 0 spiro atoms. The van der Waals surface area contributed by atoms with Crippen molar-refractivity contribution in [3.05, 3.63) is 28.8 Å². The van der Waals surface area contributed by atoms with Crippen LogP contribution in [0.25, 0.3) is 0 Å². The molecule has 13 heavy (non-hydrogen) atoms. The van der Waals surface area contributed by atoms with Crippen LogP contribution >= 0.6 is 11.6 Å². The van der Waals surface area contributed by atoms with E-state index in [1.165, 1.54) is 0 Å². The van der Waals surface area contributed by atoms with Crippen LogP contribution in [0.3, 0.4) is 0 Å². The highest BCUT2D eigenvalue weighted by atomic mass is 35.5. The Bertz CT molecular complexity index is 288. The Morgan fingerprint density at radius 2 is 2.23 bits per heavy atom. The highest BCUT2D eigenvalue weighted by Crippen LogP contribution is 2.27. The Labute approximate surface area is 83.6 Å². The van der Waals surface area contributed by atoms with E-state index in [1.54, 1.807) is 13.2 Å². The first-order valence-corrected chi connectivity index (χ1v) is 4.65. The van der Waals surface area contributed by atoms with Gasteiger partial charge in [0.25, 0.3) is 0 Å². The van der Waals surface area contributed by atoms with Crippen molar-refractivity contribution in [2.75, 3.05) is 7.11 Å². The fourth-order valence-electron chi connectivity index (χ4n) is 1.16. The van der Waals surface area contributed by atoms with Crippen molar-refractivity contribution < 1.29 is 4.74 Å². The maximum Gasteiger partial charge on any atom is 0.120 e. The van der Waals surface area contributed by atoms with Crippen LogP contribution in [-0.4, -0.2) is 7.11 Å². The zero-order chi connectivity index (χ0) is 9.84. The lowest BCUT2D eigenvalue weighted by Gasteiger charge is -2.11. The van der Waals surface area contributed by atoms with Crippen LogP contribution in [-0.2, 0) is 0 Å². The molecule has 0 aromatic heterocycles. The number of nitrogens with two attached hydrogens (primary N) is 1. The van der Waals surface area contributed by atoms with E-state index < -0.39 is 0 Å². The van der Waals surface area contributed by atoms with Crippen LogP contribution in [0.1, 0.15) is 24.9 Å². The van der Waals surface area contributed by atoms with E-state index in [0.717, 1.165) is 17.7 Å². The molecule has 0 heterocycles. The summed E-state index contributed by atoms with van der Waals surface area (Å²) in [4.78, 5) is 0. The summed E-state index contributed by atoms with van der Waals surface area (Å²) in [6.07, 6.45) is 0.881. The van der Waals surface area contributed by atoms with Gasteiger partial charge in [-0.2, -0.15) is 0 Å². The van der Waals surface area contributed by atoms with Crippen LogP contribution in [0, 0.1) is 0 Å². The third-order valence-corrected chi connectivity index (χ3v) is 2.37. The van der Waals surface area contributed by atoms with Crippen LogP contribution in [0.15, 0.2) is 18.2 Å². The molecule has 0 saturated heterocycles. The maximum absolute atomic E-state index is 6.02. The first-order valence-electron chi connectivity index (χ1n) is 4.28. The minimum absolute atomic E-state index is 0.0124. The Kier molecular flexibility index (Phi) is 3.58. The molecule has 0 aliphatic heterocycles. The number of rotatable bonds is 3. The molecule has 72 valence electrons. The monoisotopic (exact) mass is 199 g/mol. The van der Waals surface area contributed by atoms with Crippen molar-refractivity contribution in [3.63, 3.8) is 0 Å². The SMILES string of the molecule is CC[C@@H](N)c1ccc(OC)cc1Cl. The standard InChI is InChI=1S/C10H14ClNO/c1-3-10(12)8-5-4-7(13-2)6-9(8)11/h4-6,10H,3,12H2,1-2H3/t10-/m1/s1. The minimum Gasteiger partial charge on any atom is -0.497 e. The van der Waals surface area contributed by atoms with Crippen molar-refractivity contribution in [2.45, 2.75) is 19.4 Å². The van der Waals surface area contributed by atoms with Crippen LogP contribution < -0.4 is 10.5 Å². The summed E-state index contributed by atoms with van der Waals surface area (Å²) in [5, 5.41) is 0.675. The molecule has 0 saturated carbocycles. The van der Waals surface area contributed by atoms with Gasteiger partial charge in [0.1, 0.15) is 5.75 Å². The van der Waals surface area contributed by atoms with Crippen molar-refractivity contribution in [3.8, 4) is 5.75 Å². The molecule has 0 aliphatic rings. The van der Waals surface area contributed by atoms with Crippen LogP contribution in [0.2, 0.25) is 5.02 Å².